The van der Waals surface area contributed by atoms with E-state index in [9.17, 15) is 30.5 Å². The fourth-order valence-corrected chi connectivity index (χ4v) is 3.29. The maximum atomic E-state index is 10.8. The van der Waals surface area contributed by atoms with Crippen LogP contribution in [0.2, 0.25) is 0 Å². The second-order valence-corrected chi connectivity index (χ2v) is 7.25. The summed E-state index contributed by atoms with van der Waals surface area (Å²) >= 11 is 0. The van der Waals surface area contributed by atoms with E-state index in [0.717, 1.165) is 0 Å². The minimum absolute atomic E-state index is 0.0400. The van der Waals surface area contributed by atoms with Crippen LogP contribution in [0.15, 0.2) is 36.4 Å². The highest BCUT2D eigenvalue weighted by Crippen LogP contribution is 2.39. The zero-order valence-electron chi connectivity index (χ0n) is 17.9. The third-order valence-corrected chi connectivity index (χ3v) is 5.15. The monoisotopic (exact) mass is 463 g/mol. The standard InChI is InChI=1S/C22H25NO10/c1-30-15-9-13(6-3-12-4-7-14(8-5-12)23(28)29)21(16(10-15)31-2)33-22-20(27)19(26)18(25)17(11-24)32-22/h3-10,17-20,22,24-27H,11H2,1-2H3/b6-3+/t17-,18-,19+,20-,22+/m1/s1. The Morgan fingerprint density at radius 3 is 2.30 bits per heavy atom. The molecule has 1 fully saturated rings. The topological polar surface area (TPSA) is 161 Å². The highest BCUT2D eigenvalue weighted by molar-refractivity contribution is 5.75. The summed E-state index contributed by atoms with van der Waals surface area (Å²) < 4.78 is 22.0. The van der Waals surface area contributed by atoms with Gasteiger partial charge < -0.3 is 39.4 Å². The molecule has 11 heteroatoms. The van der Waals surface area contributed by atoms with Crippen LogP contribution in [-0.4, -0.2) is 76.9 Å². The third-order valence-electron chi connectivity index (χ3n) is 5.15. The van der Waals surface area contributed by atoms with Gasteiger partial charge in [0.1, 0.15) is 30.2 Å². The summed E-state index contributed by atoms with van der Waals surface area (Å²) in [4.78, 5) is 10.3. The predicted molar refractivity (Wildman–Crippen MR) is 116 cm³/mol. The minimum atomic E-state index is -1.61. The first-order valence-corrected chi connectivity index (χ1v) is 9.94. The Morgan fingerprint density at radius 2 is 1.73 bits per heavy atom. The molecule has 4 N–H and O–H groups in total. The average molecular weight is 463 g/mol. The van der Waals surface area contributed by atoms with Gasteiger partial charge in [0.15, 0.2) is 11.5 Å². The summed E-state index contributed by atoms with van der Waals surface area (Å²) in [5, 5.41) is 50.6. The molecule has 0 spiro atoms. The van der Waals surface area contributed by atoms with Crippen LogP contribution in [0.3, 0.4) is 0 Å². The van der Waals surface area contributed by atoms with E-state index < -0.39 is 42.2 Å². The molecule has 1 aliphatic rings. The highest BCUT2D eigenvalue weighted by Gasteiger charge is 2.45. The number of rotatable bonds is 8. The summed E-state index contributed by atoms with van der Waals surface area (Å²) in [7, 11) is 2.87. The lowest BCUT2D eigenvalue weighted by Crippen LogP contribution is -2.60. The van der Waals surface area contributed by atoms with E-state index in [4.69, 9.17) is 18.9 Å². The van der Waals surface area contributed by atoms with Gasteiger partial charge in [-0.15, -0.1) is 0 Å². The van der Waals surface area contributed by atoms with E-state index in [-0.39, 0.29) is 17.2 Å². The van der Waals surface area contributed by atoms with Gasteiger partial charge in [-0.25, -0.2) is 0 Å². The zero-order chi connectivity index (χ0) is 24.1. The molecule has 178 valence electrons. The Morgan fingerprint density at radius 1 is 1.03 bits per heavy atom. The summed E-state index contributed by atoms with van der Waals surface area (Å²) in [6.07, 6.45) is -3.98. The van der Waals surface area contributed by atoms with Crippen LogP contribution in [0.5, 0.6) is 17.2 Å². The number of nitrogens with zero attached hydrogens (tertiary/aromatic N) is 1. The second-order valence-electron chi connectivity index (χ2n) is 7.25. The van der Waals surface area contributed by atoms with Crippen molar-refractivity contribution in [2.24, 2.45) is 0 Å². The lowest BCUT2D eigenvalue weighted by Gasteiger charge is -2.39. The van der Waals surface area contributed by atoms with Crippen molar-refractivity contribution in [3.63, 3.8) is 0 Å². The zero-order valence-corrected chi connectivity index (χ0v) is 17.9. The van der Waals surface area contributed by atoms with Gasteiger partial charge in [0.25, 0.3) is 5.69 Å². The van der Waals surface area contributed by atoms with Gasteiger partial charge in [-0.3, -0.25) is 10.1 Å². The lowest BCUT2D eigenvalue weighted by atomic mass is 9.99. The molecule has 0 aromatic heterocycles. The molecular weight excluding hydrogens is 438 g/mol. The molecule has 1 heterocycles. The molecule has 2 aromatic carbocycles. The van der Waals surface area contributed by atoms with Crippen LogP contribution < -0.4 is 14.2 Å². The third kappa shape index (κ3) is 5.41. The van der Waals surface area contributed by atoms with Crippen LogP contribution in [0.1, 0.15) is 11.1 Å². The number of aliphatic hydroxyl groups is 4. The molecule has 0 bridgehead atoms. The van der Waals surface area contributed by atoms with Crippen molar-refractivity contribution in [1.82, 2.24) is 0 Å². The number of hydrogen-bond donors (Lipinski definition) is 4. The number of non-ortho nitro benzene ring substituents is 1. The van der Waals surface area contributed by atoms with Gasteiger partial charge >= 0.3 is 0 Å². The van der Waals surface area contributed by atoms with Crippen molar-refractivity contribution in [2.75, 3.05) is 20.8 Å². The van der Waals surface area contributed by atoms with E-state index >= 15 is 0 Å². The molecule has 0 amide bonds. The number of benzene rings is 2. The fraction of sp³-hybridized carbons (Fsp3) is 0.364. The summed E-state index contributed by atoms with van der Waals surface area (Å²) in [5.41, 5.74) is 1.07. The lowest BCUT2D eigenvalue weighted by molar-refractivity contribution is -0.384. The molecule has 0 saturated carbocycles. The Balaban J connectivity index is 1.96. The van der Waals surface area contributed by atoms with E-state index in [1.165, 1.54) is 26.4 Å². The molecule has 0 radical (unpaired) electrons. The van der Waals surface area contributed by atoms with Crippen LogP contribution in [-0.2, 0) is 4.74 Å². The molecule has 1 aliphatic heterocycles. The first kappa shape index (κ1) is 24.4. The largest absolute Gasteiger partial charge is 0.497 e. The van der Waals surface area contributed by atoms with Gasteiger partial charge in [0, 0.05) is 23.8 Å². The molecule has 0 unspecified atom stereocenters. The maximum Gasteiger partial charge on any atom is 0.269 e. The Hall–Kier alpha value is -3.22. The smallest absolute Gasteiger partial charge is 0.269 e. The van der Waals surface area contributed by atoms with Gasteiger partial charge in [0.2, 0.25) is 6.29 Å². The van der Waals surface area contributed by atoms with E-state index in [2.05, 4.69) is 0 Å². The predicted octanol–water partition coefficient (Wildman–Crippen LogP) is 0.961. The van der Waals surface area contributed by atoms with E-state index in [0.29, 0.717) is 16.9 Å². The minimum Gasteiger partial charge on any atom is -0.497 e. The Bertz CT molecular complexity index is 991. The van der Waals surface area contributed by atoms with Crippen molar-refractivity contribution in [2.45, 2.75) is 30.7 Å². The number of methoxy groups -OCH3 is 2. The quantitative estimate of drug-likeness (QED) is 0.252. The summed E-state index contributed by atoms with van der Waals surface area (Å²) in [6, 6.07) is 9.06. The van der Waals surface area contributed by atoms with E-state index in [1.54, 1.807) is 36.4 Å². The molecule has 33 heavy (non-hydrogen) atoms. The van der Waals surface area contributed by atoms with Gasteiger partial charge in [-0.2, -0.15) is 0 Å². The number of ether oxygens (including phenoxy) is 4. The summed E-state index contributed by atoms with van der Waals surface area (Å²) in [6.45, 7) is -0.600. The first-order valence-electron chi connectivity index (χ1n) is 9.94. The van der Waals surface area contributed by atoms with Crippen molar-refractivity contribution in [3.8, 4) is 17.2 Å². The fourth-order valence-electron chi connectivity index (χ4n) is 3.29. The van der Waals surface area contributed by atoms with Crippen LogP contribution >= 0.6 is 0 Å². The average Bonchev–Trinajstić information content (AvgIpc) is 2.83. The van der Waals surface area contributed by atoms with Crippen LogP contribution in [0.4, 0.5) is 5.69 Å². The molecule has 11 nitrogen and oxygen atoms in total. The molecule has 3 rings (SSSR count). The van der Waals surface area contributed by atoms with Crippen molar-refractivity contribution >= 4 is 17.8 Å². The number of aliphatic hydroxyl groups excluding tert-OH is 4. The molecule has 0 aliphatic carbocycles. The number of nitro groups is 1. The molecule has 1 saturated heterocycles. The van der Waals surface area contributed by atoms with Crippen molar-refractivity contribution < 1.29 is 44.3 Å². The van der Waals surface area contributed by atoms with Crippen LogP contribution in [0.25, 0.3) is 12.2 Å². The normalized spacial score (nSPS) is 25.1. The second kappa shape index (κ2) is 10.6. The number of hydrogen-bond acceptors (Lipinski definition) is 10. The van der Waals surface area contributed by atoms with Crippen molar-refractivity contribution in [1.29, 1.82) is 0 Å². The van der Waals surface area contributed by atoms with Crippen molar-refractivity contribution in [3.05, 3.63) is 57.6 Å². The van der Waals surface area contributed by atoms with E-state index in [1.807, 2.05) is 0 Å². The van der Waals surface area contributed by atoms with Gasteiger partial charge in [-0.05, 0) is 23.8 Å². The molecule has 2 aromatic rings. The maximum absolute atomic E-state index is 10.8. The molecular formula is C22H25NO10. The Kier molecular flexibility index (Phi) is 7.84. The van der Waals surface area contributed by atoms with Gasteiger partial charge in [-0.1, -0.05) is 12.2 Å². The van der Waals surface area contributed by atoms with Gasteiger partial charge in [0.05, 0.1) is 25.7 Å². The Labute approximate surface area is 189 Å². The number of nitro benzene ring substituents is 1. The highest BCUT2D eigenvalue weighted by atomic mass is 16.7. The first-order chi connectivity index (χ1) is 15.8. The SMILES string of the molecule is COc1cc(/C=C/c2ccc([N+](=O)[O-])cc2)c(O[C@@H]2O[C@H](CO)[C@@H](O)[C@H](O)[C@H]2O)c(OC)c1. The van der Waals surface area contributed by atoms with Crippen LogP contribution in [0, 0.1) is 10.1 Å². The molecule has 5 atom stereocenters. The summed E-state index contributed by atoms with van der Waals surface area (Å²) in [5.74, 6) is 0.812.